The van der Waals surface area contributed by atoms with Gasteiger partial charge in [0.2, 0.25) is 5.91 Å². The standard InChI is InChI=1S/C4H7NO2/c1-4(7)5-2-3-6/h2,6H,3H2,1H3. The lowest BCUT2D eigenvalue weighted by Gasteiger charge is -1.74. The fourth-order valence-electron chi connectivity index (χ4n) is 0.169. The summed E-state index contributed by atoms with van der Waals surface area (Å²) in [5.41, 5.74) is 0. The Morgan fingerprint density at radius 3 is 2.71 bits per heavy atom. The lowest BCUT2D eigenvalue weighted by Crippen LogP contribution is -1.87. The molecular weight excluding hydrogens is 94.0 g/mol. The topological polar surface area (TPSA) is 49.7 Å². The normalized spacial score (nSPS) is 10.0. The zero-order valence-corrected chi connectivity index (χ0v) is 4.09. The number of nitrogens with zero attached hydrogens (tertiary/aromatic N) is 1. The van der Waals surface area contributed by atoms with Crippen LogP contribution in [0.2, 0.25) is 0 Å². The van der Waals surface area contributed by atoms with Crippen molar-refractivity contribution in [2.45, 2.75) is 6.92 Å². The van der Waals surface area contributed by atoms with Crippen molar-refractivity contribution in [1.29, 1.82) is 0 Å². The van der Waals surface area contributed by atoms with Crippen molar-refractivity contribution < 1.29 is 9.90 Å². The number of aliphatic hydroxyl groups is 1. The molecule has 0 bridgehead atoms. The molecule has 0 spiro atoms. The molecule has 1 amide bonds. The minimum absolute atomic E-state index is 0.167. The van der Waals surface area contributed by atoms with Crippen LogP contribution in [0.5, 0.6) is 0 Å². The van der Waals surface area contributed by atoms with Crippen molar-refractivity contribution in [3.8, 4) is 0 Å². The van der Waals surface area contributed by atoms with E-state index in [1.807, 2.05) is 0 Å². The van der Waals surface area contributed by atoms with Crippen molar-refractivity contribution >= 4 is 12.1 Å². The molecule has 0 atom stereocenters. The van der Waals surface area contributed by atoms with E-state index in [1.54, 1.807) is 0 Å². The molecule has 0 aromatic rings. The molecule has 1 N–H and O–H groups in total. The van der Waals surface area contributed by atoms with E-state index in [-0.39, 0.29) is 12.5 Å². The van der Waals surface area contributed by atoms with Gasteiger partial charge < -0.3 is 5.11 Å². The summed E-state index contributed by atoms with van der Waals surface area (Å²) in [6.45, 7) is 1.16. The Balaban J connectivity index is 3.26. The molecule has 0 saturated heterocycles. The Bertz CT molecular complexity index is 87.7. The molecule has 0 aromatic heterocycles. The van der Waals surface area contributed by atoms with E-state index < -0.39 is 0 Å². The molecule has 7 heavy (non-hydrogen) atoms. The first-order valence-corrected chi connectivity index (χ1v) is 1.91. The number of amides is 1. The van der Waals surface area contributed by atoms with Gasteiger partial charge in [-0.2, -0.15) is 0 Å². The van der Waals surface area contributed by atoms with Gasteiger partial charge in [0, 0.05) is 13.1 Å². The van der Waals surface area contributed by atoms with Crippen LogP contribution in [-0.2, 0) is 4.79 Å². The molecule has 0 rings (SSSR count). The lowest BCUT2D eigenvalue weighted by molar-refractivity contribution is -0.115. The number of aliphatic hydroxyl groups excluding tert-OH is 1. The molecule has 0 radical (unpaired) electrons. The van der Waals surface area contributed by atoms with Gasteiger partial charge in [-0.05, 0) is 0 Å². The van der Waals surface area contributed by atoms with Crippen LogP contribution in [0.1, 0.15) is 6.92 Å². The Morgan fingerprint density at radius 1 is 2.00 bits per heavy atom. The minimum atomic E-state index is -0.283. The van der Waals surface area contributed by atoms with Crippen molar-refractivity contribution in [1.82, 2.24) is 0 Å². The first kappa shape index (κ1) is 6.30. The minimum Gasteiger partial charge on any atom is -0.391 e. The summed E-state index contributed by atoms with van der Waals surface area (Å²) in [4.78, 5) is 13.1. The maximum Gasteiger partial charge on any atom is 0.242 e. The quantitative estimate of drug-likeness (QED) is 0.457. The van der Waals surface area contributed by atoms with E-state index in [0.29, 0.717) is 0 Å². The molecule has 0 aliphatic carbocycles. The van der Waals surface area contributed by atoms with Crippen LogP contribution in [0.4, 0.5) is 0 Å². The van der Waals surface area contributed by atoms with E-state index in [2.05, 4.69) is 4.99 Å². The highest BCUT2D eigenvalue weighted by atomic mass is 16.3. The molecule has 0 saturated carbocycles. The molecule has 3 nitrogen and oxygen atoms in total. The smallest absolute Gasteiger partial charge is 0.242 e. The number of aliphatic imine (C=N–C) groups is 1. The lowest BCUT2D eigenvalue weighted by atomic mass is 10.7. The highest BCUT2D eigenvalue weighted by Crippen LogP contribution is 1.64. The van der Waals surface area contributed by atoms with Crippen LogP contribution < -0.4 is 0 Å². The van der Waals surface area contributed by atoms with Crippen molar-refractivity contribution in [2.75, 3.05) is 6.61 Å². The van der Waals surface area contributed by atoms with Gasteiger partial charge in [-0.15, -0.1) is 0 Å². The number of carbonyl (C=O) groups excluding carboxylic acids is 1. The number of carbonyl (C=O) groups is 1. The summed E-state index contributed by atoms with van der Waals surface area (Å²) >= 11 is 0. The van der Waals surface area contributed by atoms with Gasteiger partial charge >= 0.3 is 0 Å². The van der Waals surface area contributed by atoms with Gasteiger partial charge in [0.05, 0.1) is 6.61 Å². The van der Waals surface area contributed by atoms with E-state index in [9.17, 15) is 4.79 Å². The van der Waals surface area contributed by atoms with Crippen LogP contribution in [0.15, 0.2) is 4.99 Å². The van der Waals surface area contributed by atoms with E-state index in [0.717, 1.165) is 6.21 Å². The largest absolute Gasteiger partial charge is 0.391 e. The second-order valence-corrected chi connectivity index (χ2v) is 1.01. The van der Waals surface area contributed by atoms with Gasteiger partial charge in [-0.25, -0.2) is 4.99 Å². The first-order valence-electron chi connectivity index (χ1n) is 1.91. The maximum atomic E-state index is 9.89. The number of hydrogen-bond donors (Lipinski definition) is 1. The first-order chi connectivity index (χ1) is 3.27. The summed E-state index contributed by atoms with van der Waals surface area (Å²) in [6.07, 6.45) is 1.16. The Morgan fingerprint density at radius 2 is 2.57 bits per heavy atom. The fraction of sp³-hybridized carbons (Fsp3) is 0.500. The van der Waals surface area contributed by atoms with E-state index >= 15 is 0 Å². The molecule has 40 valence electrons. The summed E-state index contributed by atoms with van der Waals surface area (Å²) in [7, 11) is 0. The highest BCUT2D eigenvalue weighted by Gasteiger charge is 1.76. The second kappa shape index (κ2) is 3.49. The predicted molar refractivity (Wildman–Crippen MR) is 26.3 cm³/mol. The molecule has 0 aliphatic rings. The molecule has 0 heterocycles. The number of hydrogen-bond acceptors (Lipinski definition) is 2. The monoisotopic (exact) mass is 101 g/mol. The van der Waals surface area contributed by atoms with Crippen molar-refractivity contribution in [2.24, 2.45) is 4.99 Å². The fourth-order valence-corrected chi connectivity index (χ4v) is 0.169. The SMILES string of the molecule is CC(=O)N=CCO. The van der Waals surface area contributed by atoms with Crippen LogP contribution in [0.3, 0.4) is 0 Å². The Kier molecular flexibility index (Phi) is 3.14. The van der Waals surface area contributed by atoms with Gasteiger partial charge in [-0.3, -0.25) is 4.79 Å². The van der Waals surface area contributed by atoms with E-state index in [1.165, 1.54) is 6.92 Å². The molecule has 0 aromatic carbocycles. The van der Waals surface area contributed by atoms with E-state index in [4.69, 9.17) is 5.11 Å². The molecule has 0 aliphatic heterocycles. The van der Waals surface area contributed by atoms with Gasteiger partial charge in [0.1, 0.15) is 0 Å². The zero-order chi connectivity index (χ0) is 5.70. The summed E-state index contributed by atoms with van der Waals surface area (Å²) in [5, 5.41) is 8.01. The van der Waals surface area contributed by atoms with Crippen LogP contribution in [-0.4, -0.2) is 23.8 Å². The van der Waals surface area contributed by atoms with Crippen molar-refractivity contribution in [3.63, 3.8) is 0 Å². The average Bonchev–Trinajstić information content (AvgIpc) is 1.61. The second-order valence-electron chi connectivity index (χ2n) is 1.01. The summed E-state index contributed by atoms with van der Waals surface area (Å²) in [5.74, 6) is -0.283. The van der Waals surface area contributed by atoms with Gasteiger partial charge in [0.25, 0.3) is 0 Å². The molecule has 3 heteroatoms. The van der Waals surface area contributed by atoms with Crippen LogP contribution in [0.25, 0.3) is 0 Å². The third-order valence-electron chi connectivity index (χ3n) is 0.355. The molecule has 0 unspecified atom stereocenters. The van der Waals surface area contributed by atoms with Crippen LogP contribution >= 0.6 is 0 Å². The van der Waals surface area contributed by atoms with Crippen LogP contribution in [0, 0.1) is 0 Å². The zero-order valence-electron chi connectivity index (χ0n) is 4.09. The third kappa shape index (κ3) is 5.30. The average molecular weight is 101 g/mol. The third-order valence-corrected chi connectivity index (χ3v) is 0.355. The number of rotatable bonds is 1. The highest BCUT2D eigenvalue weighted by molar-refractivity contribution is 5.83. The summed E-state index contributed by atoms with van der Waals surface area (Å²) in [6, 6.07) is 0. The van der Waals surface area contributed by atoms with Gasteiger partial charge in [-0.1, -0.05) is 0 Å². The Hall–Kier alpha value is -0.700. The molecule has 0 fully saturated rings. The maximum absolute atomic E-state index is 9.89. The van der Waals surface area contributed by atoms with Crippen molar-refractivity contribution in [3.05, 3.63) is 0 Å². The molecular formula is C4H7NO2. The van der Waals surface area contributed by atoms with Gasteiger partial charge in [0.15, 0.2) is 0 Å². The predicted octanol–water partition coefficient (Wildman–Crippen LogP) is -0.404. The summed E-state index contributed by atoms with van der Waals surface area (Å²) < 4.78 is 0. The Labute approximate surface area is 41.7 Å².